The average Bonchev–Trinajstić information content (AvgIpc) is 2.47. The van der Waals surface area contributed by atoms with Crippen molar-refractivity contribution in [3.05, 3.63) is 35.9 Å². The van der Waals surface area contributed by atoms with Gasteiger partial charge in [-0.1, -0.05) is 43.7 Å². The number of rotatable bonds is 6. The summed E-state index contributed by atoms with van der Waals surface area (Å²) in [6.07, 6.45) is 2.53. The van der Waals surface area contributed by atoms with Crippen molar-refractivity contribution in [3.8, 4) is 0 Å². The summed E-state index contributed by atoms with van der Waals surface area (Å²) in [5.41, 5.74) is 1.24. The van der Waals surface area contributed by atoms with E-state index in [-0.39, 0.29) is 17.9 Å². The molecule has 1 aliphatic heterocycles. The van der Waals surface area contributed by atoms with Crippen LogP contribution < -0.4 is 5.32 Å². The van der Waals surface area contributed by atoms with Crippen molar-refractivity contribution in [2.75, 3.05) is 13.1 Å². The van der Waals surface area contributed by atoms with Crippen LogP contribution in [0.25, 0.3) is 0 Å². The maximum Gasteiger partial charge on any atom is 0.213 e. The predicted octanol–water partition coefficient (Wildman–Crippen LogP) is 1.40. The van der Waals surface area contributed by atoms with E-state index >= 15 is 0 Å². The summed E-state index contributed by atoms with van der Waals surface area (Å²) in [4.78, 5) is 24.6. The van der Waals surface area contributed by atoms with E-state index < -0.39 is 0 Å². The third-order valence-electron chi connectivity index (χ3n) is 3.70. The first-order valence-electron chi connectivity index (χ1n) is 7.24. The lowest BCUT2D eigenvalue weighted by Gasteiger charge is -2.37. The highest BCUT2D eigenvalue weighted by Crippen LogP contribution is 2.13. The number of carbonyl (C=O) groups is 2. The van der Waals surface area contributed by atoms with Gasteiger partial charge >= 0.3 is 0 Å². The predicted molar refractivity (Wildman–Crippen MR) is 78.4 cm³/mol. The molecule has 4 heteroatoms. The van der Waals surface area contributed by atoms with Crippen LogP contribution in [0.15, 0.2) is 30.3 Å². The molecule has 1 heterocycles. The van der Waals surface area contributed by atoms with Crippen LogP contribution in [0.5, 0.6) is 0 Å². The molecule has 4 nitrogen and oxygen atoms in total. The third-order valence-corrected chi connectivity index (χ3v) is 3.70. The van der Waals surface area contributed by atoms with Crippen LogP contribution >= 0.6 is 0 Å². The molecule has 0 amide bonds. The van der Waals surface area contributed by atoms with Gasteiger partial charge in [-0.25, -0.2) is 0 Å². The van der Waals surface area contributed by atoms with E-state index in [4.69, 9.17) is 0 Å². The Hall–Kier alpha value is -1.52. The Morgan fingerprint density at radius 3 is 2.75 bits per heavy atom. The van der Waals surface area contributed by atoms with Crippen molar-refractivity contribution >= 4 is 12.1 Å². The van der Waals surface area contributed by atoms with Crippen molar-refractivity contribution in [1.82, 2.24) is 10.2 Å². The van der Waals surface area contributed by atoms with Gasteiger partial charge in [0.05, 0.1) is 6.04 Å². The SMILES string of the molecule is CCCC1CN(Cc2ccccc2)CC(C(=O)C=O)N1. The number of piperazine rings is 1. The first-order chi connectivity index (χ1) is 9.72. The normalized spacial score (nSPS) is 23.4. The summed E-state index contributed by atoms with van der Waals surface area (Å²) < 4.78 is 0. The molecule has 20 heavy (non-hydrogen) atoms. The molecule has 0 aliphatic carbocycles. The van der Waals surface area contributed by atoms with Crippen molar-refractivity contribution in [1.29, 1.82) is 0 Å². The second-order valence-corrected chi connectivity index (χ2v) is 5.40. The molecular formula is C16H22N2O2. The second kappa shape index (κ2) is 7.31. The summed E-state index contributed by atoms with van der Waals surface area (Å²) >= 11 is 0. The van der Waals surface area contributed by atoms with Crippen molar-refractivity contribution in [3.63, 3.8) is 0 Å². The average molecular weight is 274 g/mol. The maximum atomic E-state index is 11.7. The molecule has 2 rings (SSSR count). The van der Waals surface area contributed by atoms with Crippen LogP contribution in [0.1, 0.15) is 25.3 Å². The number of hydrogen-bond donors (Lipinski definition) is 1. The first-order valence-corrected chi connectivity index (χ1v) is 7.24. The van der Waals surface area contributed by atoms with Crippen molar-refractivity contribution in [2.45, 2.75) is 38.4 Å². The minimum Gasteiger partial charge on any atom is -0.302 e. The van der Waals surface area contributed by atoms with Gasteiger partial charge in [-0.15, -0.1) is 0 Å². The first kappa shape index (κ1) is 14.9. The van der Waals surface area contributed by atoms with Gasteiger partial charge in [0.1, 0.15) is 0 Å². The smallest absolute Gasteiger partial charge is 0.213 e. The molecule has 1 aromatic carbocycles. The van der Waals surface area contributed by atoms with Crippen LogP contribution in [-0.4, -0.2) is 42.1 Å². The van der Waals surface area contributed by atoms with Crippen LogP contribution in [0, 0.1) is 0 Å². The second-order valence-electron chi connectivity index (χ2n) is 5.40. The summed E-state index contributed by atoms with van der Waals surface area (Å²) in [7, 11) is 0. The molecule has 1 aliphatic rings. The number of nitrogens with zero attached hydrogens (tertiary/aromatic N) is 1. The molecule has 1 saturated heterocycles. The van der Waals surface area contributed by atoms with E-state index in [0.717, 1.165) is 25.9 Å². The summed E-state index contributed by atoms with van der Waals surface area (Å²) in [5.74, 6) is -0.344. The lowest BCUT2D eigenvalue weighted by atomic mass is 10.0. The Balaban J connectivity index is 2.03. The highest BCUT2D eigenvalue weighted by Gasteiger charge is 2.29. The Morgan fingerprint density at radius 1 is 1.35 bits per heavy atom. The van der Waals surface area contributed by atoms with Crippen LogP contribution in [-0.2, 0) is 16.1 Å². The van der Waals surface area contributed by atoms with E-state index in [1.165, 1.54) is 5.56 Å². The Morgan fingerprint density at radius 2 is 2.10 bits per heavy atom. The molecule has 1 N–H and O–H groups in total. The number of carbonyl (C=O) groups excluding carboxylic acids is 2. The number of benzene rings is 1. The molecule has 0 bridgehead atoms. The van der Waals surface area contributed by atoms with E-state index in [9.17, 15) is 9.59 Å². The molecule has 0 spiro atoms. The van der Waals surface area contributed by atoms with Gasteiger partial charge in [-0.3, -0.25) is 14.5 Å². The minimum absolute atomic E-state index is 0.284. The molecule has 2 unspecified atom stereocenters. The maximum absolute atomic E-state index is 11.7. The Labute approximate surface area is 120 Å². The van der Waals surface area contributed by atoms with Gasteiger partial charge in [0.25, 0.3) is 0 Å². The topological polar surface area (TPSA) is 49.4 Å². The quantitative estimate of drug-likeness (QED) is 0.629. The number of hydrogen-bond acceptors (Lipinski definition) is 4. The number of ketones is 1. The van der Waals surface area contributed by atoms with Crippen LogP contribution in [0.2, 0.25) is 0 Å². The summed E-state index contributed by atoms with van der Waals surface area (Å²) in [5, 5.41) is 3.30. The van der Waals surface area contributed by atoms with Gasteiger partial charge in [0, 0.05) is 25.7 Å². The Bertz CT molecular complexity index is 447. The van der Waals surface area contributed by atoms with E-state index in [0.29, 0.717) is 12.8 Å². The molecular weight excluding hydrogens is 252 g/mol. The lowest BCUT2D eigenvalue weighted by molar-refractivity contribution is -0.132. The van der Waals surface area contributed by atoms with Gasteiger partial charge in [-0.05, 0) is 12.0 Å². The molecule has 0 saturated carbocycles. The molecule has 1 fully saturated rings. The van der Waals surface area contributed by atoms with Gasteiger partial charge in [0.15, 0.2) is 6.29 Å². The highest BCUT2D eigenvalue weighted by atomic mass is 16.2. The van der Waals surface area contributed by atoms with Crippen molar-refractivity contribution < 1.29 is 9.59 Å². The van der Waals surface area contributed by atoms with Gasteiger partial charge in [0.2, 0.25) is 5.78 Å². The molecule has 1 aromatic rings. The third kappa shape index (κ3) is 3.99. The zero-order chi connectivity index (χ0) is 14.4. The highest BCUT2D eigenvalue weighted by molar-refractivity contribution is 6.27. The minimum atomic E-state index is -0.360. The number of Topliss-reactive ketones (excluding diaryl/α,β-unsaturated/α-hetero) is 1. The monoisotopic (exact) mass is 274 g/mol. The van der Waals surface area contributed by atoms with E-state index in [1.54, 1.807) is 0 Å². The zero-order valence-electron chi connectivity index (χ0n) is 11.9. The number of aldehydes is 1. The van der Waals surface area contributed by atoms with E-state index in [2.05, 4.69) is 29.3 Å². The van der Waals surface area contributed by atoms with Crippen LogP contribution in [0.3, 0.4) is 0 Å². The summed E-state index contributed by atoms with van der Waals surface area (Å²) in [6, 6.07) is 10.2. The van der Waals surface area contributed by atoms with E-state index in [1.807, 2.05) is 18.2 Å². The zero-order valence-corrected chi connectivity index (χ0v) is 11.9. The molecule has 0 aromatic heterocycles. The molecule has 2 atom stereocenters. The number of nitrogens with one attached hydrogen (secondary N) is 1. The standard InChI is InChI=1S/C16H22N2O2/c1-2-6-14-10-18(9-13-7-4-3-5-8-13)11-15(17-14)16(20)12-19/h3-5,7-8,12,14-15,17H,2,6,9-11H2,1H3. The summed E-state index contributed by atoms with van der Waals surface area (Å²) in [6.45, 7) is 4.48. The van der Waals surface area contributed by atoms with Crippen molar-refractivity contribution in [2.24, 2.45) is 0 Å². The fourth-order valence-electron chi connectivity index (χ4n) is 2.78. The van der Waals surface area contributed by atoms with Crippen LogP contribution in [0.4, 0.5) is 0 Å². The largest absolute Gasteiger partial charge is 0.302 e. The molecule has 108 valence electrons. The van der Waals surface area contributed by atoms with Gasteiger partial charge in [-0.2, -0.15) is 0 Å². The lowest BCUT2D eigenvalue weighted by Crippen LogP contribution is -2.59. The molecule has 0 radical (unpaired) electrons. The fourth-order valence-corrected chi connectivity index (χ4v) is 2.78. The Kier molecular flexibility index (Phi) is 5.44. The van der Waals surface area contributed by atoms with Gasteiger partial charge < -0.3 is 5.32 Å². The fraction of sp³-hybridized carbons (Fsp3) is 0.500.